The highest BCUT2D eigenvalue weighted by Crippen LogP contribution is 2.26. The summed E-state index contributed by atoms with van der Waals surface area (Å²) >= 11 is 1.17. The fraction of sp³-hybridized carbons (Fsp3) is 0.438. The van der Waals surface area contributed by atoms with Gasteiger partial charge in [-0.2, -0.15) is 0 Å². The number of ether oxygens (including phenoxy) is 2. The molecule has 1 saturated heterocycles. The van der Waals surface area contributed by atoms with Crippen molar-refractivity contribution < 1.29 is 37.0 Å². The van der Waals surface area contributed by atoms with E-state index in [-0.39, 0.29) is 30.3 Å². The molecule has 0 aromatic heterocycles. The van der Waals surface area contributed by atoms with Gasteiger partial charge in [-0.15, -0.1) is 13.2 Å². The summed E-state index contributed by atoms with van der Waals surface area (Å²) in [7, 11) is 0. The zero-order valence-corrected chi connectivity index (χ0v) is 14.9. The highest BCUT2D eigenvalue weighted by atomic mass is 32.2. The van der Waals surface area contributed by atoms with Crippen LogP contribution in [0.4, 0.5) is 18.0 Å². The van der Waals surface area contributed by atoms with Gasteiger partial charge < -0.3 is 19.7 Å². The number of para-hydroxylation sites is 1. The van der Waals surface area contributed by atoms with E-state index in [1.54, 1.807) is 0 Å². The summed E-state index contributed by atoms with van der Waals surface area (Å²) in [5.41, 5.74) is 0.125. The van der Waals surface area contributed by atoms with Gasteiger partial charge in [-0.1, -0.05) is 30.0 Å². The first-order valence-corrected chi connectivity index (χ1v) is 8.91. The highest BCUT2D eigenvalue weighted by Gasteiger charge is 2.32. The molecule has 7 nitrogen and oxygen atoms in total. The van der Waals surface area contributed by atoms with Crippen LogP contribution in [0.1, 0.15) is 12.0 Å². The lowest BCUT2D eigenvalue weighted by Crippen LogP contribution is -2.30. The minimum atomic E-state index is -4.84. The zero-order valence-electron chi connectivity index (χ0n) is 14.1. The quantitative estimate of drug-likeness (QED) is 0.667. The minimum Gasteiger partial charge on any atom is -0.456 e. The predicted octanol–water partition coefficient (Wildman–Crippen LogP) is 2.30. The van der Waals surface area contributed by atoms with E-state index >= 15 is 0 Å². The molecule has 0 radical (unpaired) electrons. The molecule has 1 aliphatic rings. The number of thioether (sulfide) groups is 1. The molecule has 1 N–H and O–H groups in total. The molecule has 2 amide bonds. The van der Waals surface area contributed by atoms with Gasteiger partial charge in [0.25, 0.3) is 11.1 Å². The van der Waals surface area contributed by atoms with E-state index < -0.39 is 30.6 Å². The van der Waals surface area contributed by atoms with Crippen LogP contribution in [-0.4, -0.2) is 53.8 Å². The minimum absolute atomic E-state index is 0.0398. The number of carbonyl (C=O) groups is 3. The lowest BCUT2D eigenvalue weighted by Gasteiger charge is -2.14. The summed E-state index contributed by atoms with van der Waals surface area (Å²) in [6.45, 7) is -0.00290. The van der Waals surface area contributed by atoms with Gasteiger partial charge in [0.15, 0.2) is 6.61 Å². The monoisotopic (exact) mass is 406 g/mol. The molecule has 0 bridgehead atoms. The summed E-state index contributed by atoms with van der Waals surface area (Å²) in [6.07, 6.45) is -4.88. The predicted molar refractivity (Wildman–Crippen MR) is 90.0 cm³/mol. The van der Waals surface area contributed by atoms with Crippen LogP contribution in [0.15, 0.2) is 24.3 Å². The molecule has 0 aliphatic carbocycles. The number of amides is 2. The molecule has 148 valence electrons. The first-order chi connectivity index (χ1) is 12.7. The van der Waals surface area contributed by atoms with Crippen LogP contribution in [0.25, 0.3) is 0 Å². The Bertz CT molecular complexity index is 699. The topological polar surface area (TPSA) is 84.9 Å². The third kappa shape index (κ3) is 7.37. The normalized spacial score (nSPS) is 14.2. The Kier molecular flexibility index (Phi) is 7.34. The number of benzene rings is 1. The number of esters is 1. The maximum Gasteiger partial charge on any atom is 0.573 e. The molecule has 0 atom stereocenters. The second-order valence-electron chi connectivity index (χ2n) is 5.44. The Balaban J connectivity index is 1.72. The number of rotatable bonds is 8. The molecule has 1 fully saturated rings. The zero-order chi connectivity index (χ0) is 19.9. The van der Waals surface area contributed by atoms with Crippen molar-refractivity contribution in [3.8, 4) is 5.75 Å². The number of halogens is 3. The fourth-order valence-corrected chi connectivity index (χ4v) is 3.04. The molecule has 1 heterocycles. The van der Waals surface area contributed by atoms with Gasteiger partial charge in [-0.25, -0.2) is 0 Å². The smallest absolute Gasteiger partial charge is 0.456 e. The number of hydrogen-bond donors (Lipinski definition) is 1. The number of carbonyl (C=O) groups excluding carboxylic acids is 3. The van der Waals surface area contributed by atoms with E-state index in [2.05, 4.69) is 10.1 Å². The first-order valence-electron chi connectivity index (χ1n) is 7.92. The van der Waals surface area contributed by atoms with Gasteiger partial charge in [0, 0.05) is 31.0 Å². The van der Waals surface area contributed by atoms with E-state index in [1.807, 2.05) is 0 Å². The van der Waals surface area contributed by atoms with Gasteiger partial charge in [-0.3, -0.25) is 14.4 Å². The van der Waals surface area contributed by atoms with Crippen molar-refractivity contribution >= 4 is 28.9 Å². The molecular weight excluding hydrogens is 389 g/mol. The third-order valence-corrected chi connectivity index (χ3v) is 4.36. The second kappa shape index (κ2) is 9.49. The molecule has 0 saturated carbocycles. The van der Waals surface area contributed by atoms with E-state index in [4.69, 9.17) is 4.74 Å². The van der Waals surface area contributed by atoms with Crippen molar-refractivity contribution in [1.29, 1.82) is 0 Å². The van der Waals surface area contributed by atoms with Crippen LogP contribution in [0, 0.1) is 0 Å². The summed E-state index contributed by atoms with van der Waals surface area (Å²) in [5, 5.41) is 2.26. The Morgan fingerprint density at radius 3 is 2.67 bits per heavy atom. The molecule has 1 aromatic rings. The Morgan fingerprint density at radius 2 is 2.00 bits per heavy atom. The molecular formula is C16H17F3N2O5S. The summed E-state index contributed by atoms with van der Waals surface area (Å²) < 4.78 is 45.7. The van der Waals surface area contributed by atoms with Crippen molar-refractivity contribution in [2.45, 2.75) is 19.3 Å². The van der Waals surface area contributed by atoms with Gasteiger partial charge in [0.1, 0.15) is 5.75 Å². The molecule has 0 spiro atoms. The molecule has 1 aliphatic heterocycles. The SMILES string of the molecule is O=C(COC(=O)CCN1CCSC1=O)NCc1ccccc1OC(F)(F)F. The lowest BCUT2D eigenvalue weighted by molar-refractivity contribution is -0.274. The fourth-order valence-electron chi connectivity index (χ4n) is 2.19. The first kappa shape index (κ1) is 20.9. The van der Waals surface area contributed by atoms with Gasteiger partial charge in [0.2, 0.25) is 0 Å². The summed E-state index contributed by atoms with van der Waals surface area (Å²) in [6, 6.07) is 5.38. The van der Waals surface area contributed by atoms with E-state index in [9.17, 15) is 27.6 Å². The van der Waals surface area contributed by atoms with Crippen LogP contribution >= 0.6 is 11.8 Å². The van der Waals surface area contributed by atoms with Crippen molar-refractivity contribution in [3.05, 3.63) is 29.8 Å². The average Bonchev–Trinajstić information content (AvgIpc) is 3.01. The molecule has 27 heavy (non-hydrogen) atoms. The number of nitrogens with zero attached hydrogens (tertiary/aromatic N) is 1. The van der Waals surface area contributed by atoms with E-state index in [0.29, 0.717) is 12.3 Å². The summed E-state index contributed by atoms with van der Waals surface area (Å²) in [4.78, 5) is 36.2. The maximum absolute atomic E-state index is 12.3. The molecule has 2 rings (SSSR count). The van der Waals surface area contributed by atoms with Gasteiger partial charge in [0.05, 0.1) is 6.42 Å². The average molecular weight is 406 g/mol. The largest absolute Gasteiger partial charge is 0.573 e. The maximum atomic E-state index is 12.3. The van der Waals surface area contributed by atoms with Crippen LogP contribution < -0.4 is 10.1 Å². The third-order valence-electron chi connectivity index (χ3n) is 3.47. The lowest BCUT2D eigenvalue weighted by atomic mass is 10.2. The molecule has 0 unspecified atom stereocenters. The Hall–Kier alpha value is -2.43. The second-order valence-corrected chi connectivity index (χ2v) is 6.49. The number of nitrogens with one attached hydrogen (secondary N) is 1. The van der Waals surface area contributed by atoms with Crippen molar-refractivity contribution in [3.63, 3.8) is 0 Å². The van der Waals surface area contributed by atoms with Crippen molar-refractivity contribution in [2.75, 3.05) is 25.4 Å². The highest BCUT2D eigenvalue weighted by molar-refractivity contribution is 8.13. The Labute approximate surface area is 157 Å². The standard InChI is InChI=1S/C16H17F3N2O5S/c17-16(18,19)26-12-4-2-1-3-11(12)9-20-13(22)10-25-14(23)5-6-21-7-8-27-15(21)24/h1-4H,5-10H2,(H,20,22). The van der Waals surface area contributed by atoms with Gasteiger partial charge >= 0.3 is 12.3 Å². The summed E-state index contributed by atoms with van der Waals surface area (Å²) in [5.74, 6) is -1.06. The number of alkyl halides is 3. The number of hydrogen-bond acceptors (Lipinski definition) is 6. The van der Waals surface area contributed by atoms with Gasteiger partial charge in [-0.05, 0) is 6.07 Å². The van der Waals surface area contributed by atoms with Crippen LogP contribution in [0.5, 0.6) is 5.75 Å². The molecule has 1 aromatic carbocycles. The van der Waals surface area contributed by atoms with Crippen molar-refractivity contribution in [2.24, 2.45) is 0 Å². The van der Waals surface area contributed by atoms with Crippen LogP contribution in [0.2, 0.25) is 0 Å². The van der Waals surface area contributed by atoms with Crippen LogP contribution in [0.3, 0.4) is 0 Å². The molecule has 11 heteroatoms. The van der Waals surface area contributed by atoms with E-state index in [1.165, 1.54) is 34.9 Å². The van der Waals surface area contributed by atoms with Crippen molar-refractivity contribution in [1.82, 2.24) is 10.2 Å². The van der Waals surface area contributed by atoms with Crippen LogP contribution in [-0.2, 0) is 20.9 Å². The Morgan fingerprint density at radius 1 is 1.26 bits per heavy atom. The van der Waals surface area contributed by atoms with E-state index in [0.717, 1.165) is 6.07 Å².